The number of aliphatic hydroxyl groups excluding tert-OH is 1. The van der Waals surface area contributed by atoms with Crippen molar-refractivity contribution in [2.45, 2.75) is 83.8 Å². The maximum Gasteiger partial charge on any atom is 1.00 e. The summed E-state index contributed by atoms with van der Waals surface area (Å²) in [5.41, 5.74) is 0. The first-order chi connectivity index (χ1) is 11.0. The van der Waals surface area contributed by atoms with E-state index in [9.17, 15) is 15.0 Å². The van der Waals surface area contributed by atoms with Crippen LogP contribution in [0.2, 0.25) is 0 Å². The first kappa shape index (κ1) is 26.6. The Balaban J connectivity index is 0. The molecular weight excluding hydrogens is 317 g/mol. The van der Waals surface area contributed by atoms with Crippen LogP contribution in [0.4, 0.5) is 0 Å². The SMILES string of the molecule is CCCCCCCCCC(OCCCN(C)CC(=O)[O-])C(C)O.[Na+]. The van der Waals surface area contributed by atoms with Gasteiger partial charge in [-0.1, -0.05) is 51.9 Å². The van der Waals surface area contributed by atoms with Crippen molar-refractivity contribution < 1.29 is 49.3 Å². The van der Waals surface area contributed by atoms with Crippen LogP contribution in [0.25, 0.3) is 0 Å². The number of rotatable bonds is 16. The minimum Gasteiger partial charge on any atom is -0.549 e. The van der Waals surface area contributed by atoms with Crippen LogP contribution in [0.3, 0.4) is 0 Å². The van der Waals surface area contributed by atoms with Crippen LogP contribution < -0.4 is 34.7 Å². The van der Waals surface area contributed by atoms with Crippen molar-refractivity contribution in [1.29, 1.82) is 0 Å². The van der Waals surface area contributed by atoms with E-state index in [4.69, 9.17) is 4.74 Å². The van der Waals surface area contributed by atoms with Crippen LogP contribution >= 0.6 is 0 Å². The van der Waals surface area contributed by atoms with Crippen LogP contribution in [0, 0.1) is 0 Å². The fourth-order valence-electron chi connectivity index (χ4n) is 2.64. The summed E-state index contributed by atoms with van der Waals surface area (Å²) in [6, 6.07) is 0. The Morgan fingerprint density at radius 3 is 2.25 bits per heavy atom. The molecule has 138 valence electrons. The molecule has 24 heavy (non-hydrogen) atoms. The van der Waals surface area contributed by atoms with Gasteiger partial charge < -0.3 is 24.6 Å². The number of carbonyl (C=O) groups excluding carboxylic acids is 1. The molecule has 0 spiro atoms. The van der Waals surface area contributed by atoms with Crippen LogP contribution in [0.5, 0.6) is 0 Å². The number of nitrogens with zero attached hydrogens (tertiary/aromatic N) is 1. The molecule has 1 N–H and O–H groups in total. The Hall–Kier alpha value is 0.350. The molecule has 0 heterocycles. The standard InChI is InChI=1S/C18H37NO4.Na/c1-4-5-6-7-8-9-10-12-17(16(2)20)23-14-11-13-19(3)15-18(21)22;/h16-17,20H,4-15H2,1-3H3,(H,21,22);/q;+1/p-1. The molecule has 0 aliphatic heterocycles. The van der Waals surface area contributed by atoms with E-state index in [0.29, 0.717) is 13.2 Å². The van der Waals surface area contributed by atoms with Crippen LogP contribution in [-0.4, -0.2) is 54.9 Å². The molecule has 6 heteroatoms. The van der Waals surface area contributed by atoms with Gasteiger partial charge in [0.15, 0.2) is 0 Å². The Kier molecular flexibility index (Phi) is 20.1. The van der Waals surface area contributed by atoms with E-state index in [1.807, 2.05) is 0 Å². The Bertz CT molecular complexity index is 290. The maximum atomic E-state index is 10.5. The van der Waals surface area contributed by atoms with Gasteiger partial charge in [0.05, 0.1) is 18.2 Å². The zero-order valence-electron chi connectivity index (χ0n) is 16.3. The third-order valence-electron chi connectivity index (χ3n) is 4.05. The number of unbranched alkanes of at least 4 members (excludes halogenated alkanes) is 6. The zero-order chi connectivity index (χ0) is 17.5. The van der Waals surface area contributed by atoms with E-state index in [-0.39, 0.29) is 42.2 Å². The molecule has 0 aliphatic carbocycles. The predicted molar refractivity (Wildman–Crippen MR) is 91.2 cm³/mol. The fourth-order valence-corrected chi connectivity index (χ4v) is 2.64. The summed E-state index contributed by atoms with van der Waals surface area (Å²) in [5.74, 6) is -1.06. The Labute approximate surface area is 170 Å². The van der Waals surface area contributed by atoms with E-state index in [1.54, 1.807) is 18.9 Å². The molecule has 0 aliphatic rings. The number of hydrogen-bond donors (Lipinski definition) is 1. The molecule has 0 radical (unpaired) electrons. The average molecular weight is 353 g/mol. The van der Waals surface area contributed by atoms with E-state index in [2.05, 4.69) is 6.92 Å². The third-order valence-corrected chi connectivity index (χ3v) is 4.05. The largest absolute Gasteiger partial charge is 1.00 e. The van der Waals surface area contributed by atoms with E-state index in [1.165, 1.54) is 38.5 Å². The van der Waals surface area contributed by atoms with Crippen molar-refractivity contribution in [2.75, 3.05) is 26.7 Å². The second kappa shape index (κ2) is 18.2. The third kappa shape index (κ3) is 17.2. The molecule has 0 saturated heterocycles. The minimum atomic E-state index is -1.06. The summed E-state index contributed by atoms with van der Waals surface area (Å²) >= 11 is 0. The van der Waals surface area contributed by atoms with E-state index in [0.717, 1.165) is 19.3 Å². The quantitative estimate of drug-likeness (QED) is 0.284. The smallest absolute Gasteiger partial charge is 0.549 e. The molecule has 0 aromatic rings. The van der Waals surface area contributed by atoms with Crippen molar-refractivity contribution in [3.8, 4) is 0 Å². The summed E-state index contributed by atoms with van der Waals surface area (Å²) in [6.07, 6.45) is 9.85. The summed E-state index contributed by atoms with van der Waals surface area (Å²) in [7, 11) is 1.75. The number of likely N-dealkylation sites (N-methyl/N-ethyl adjacent to an activating group) is 1. The molecule has 0 bridgehead atoms. The second-order valence-corrected chi connectivity index (χ2v) is 6.52. The number of ether oxygens (including phenoxy) is 1. The Morgan fingerprint density at radius 1 is 1.12 bits per heavy atom. The predicted octanol–water partition coefficient (Wildman–Crippen LogP) is -1.03. The summed E-state index contributed by atoms with van der Waals surface area (Å²) in [5, 5.41) is 20.2. The van der Waals surface area contributed by atoms with Gasteiger partial charge >= 0.3 is 29.6 Å². The van der Waals surface area contributed by atoms with Crippen molar-refractivity contribution in [1.82, 2.24) is 4.90 Å². The molecular formula is C18H36NNaO4. The number of carboxylic acid groups (broad SMARTS) is 1. The summed E-state index contributed by atoms with van der Waals surface area (Å²) in [6.45, 7) is 5.13. The molecule has 2 atom stereocenters. The van der Waals surface area contributed by atoms with Gasteiger partial charge in [-0.2, -0.15) is 0 Å². The second-order valence-electron chi connectivity index (χ2n) is 6.52. The van der Waals surface area contributed by atoms with Crippen LogP contribution in [0.15, 0.2) is 0 Å². The van der Waals surface area contributed by atoms with Gasteiger partial charge in [0.2, 0.25) is 0 Å². The number of aliphatic hydroxyl groups is 1. The number of carboxylic acids is 1. The average Bonchev–Trinajstić information content (AvgIpc) is 2.47. The summed E-state index contributed by atoms with van der Waals surface area (Å²) in [4.78, 5) is 12.2. The van der Waals surface area contributed by atoms with Crippen molar-refractivity contribution in [3.63, 3.8) is 0 Å². The monoisotopic (exact) mass is 353 g/mol. The molecule has 0 fully saturated rings. The van der Waals surface area contributed by atoms with Gasteiger partial charge in [0, 0.05) is 19.7 Å². The van der Waals surface area contributed by atoms with Crippen LogP contribution in [-0.2, 0) is 9.53 Å². The Morgan fingerprint density at radius 2 is 1.71 bits per heavy atom. The van der Waals surface area contributed by atoms with Gasteiger partial charge in [-0.05, 0) is 26.8 Å². The first-order valence-corrected chi connectivity index (χ1v) is 9.15. The number of hydrogen-bond acceptors (Lipinski definition) is 5. The van der Waals surface area contributed by atoms with E-state index >= 15 is 0 Å². The van der Waals surface area contributed by atoms with E-state index < -0.39 is 12.1 Å². The fraction of sp³-hybridized carbons (Fsp3) is 0.944. The molecule has 0 amide bonds. The van der Waals surface area contributed by atoms with Gasteiger partial charge in [0.25, 0.3) is 0 Å². The summed E-state index contributed by atoms with van der Waals surface area (Å²) < 4.78 is 5.76. The molecule has 5 nitrogen and oxygen atoms in total. The van der Waals surface area contributed by atoms with Crippen molar-refractivity contribution in [2.24, 2.45) is 0 Å². The van der Waals surface area contributed by atoms with Gasteiger partial charge in [-0.3, -0.25) is 0 Å². The molecule has 0 aromatic carbocycles. The van der Waals surface area contributed by atoms with Gasteiger partial charge in [0.1, 0.15) is 0 Å². The molecule has 0 saturated carbocycles. The maximum absolute atomic E-state index is 10.5. The zero-order valence-corrected chi connectivity index (χ0v) is 18.3. The molecule has 0 rings (SSSR count). The minimum absolute atomic E-state index is 0. The normalized spacial score (nSPS) is 13.5. The van der Waals surface area contributed by atoms with Crippen molar-refractivity contribution in [3.05, 3.63) is 0 Å². The van der Waals surface area contributed by atoms with Crippen molar-refractivity contribution >= 4 is 5.97 Å². The molecule has 0 aromatic heterocycles. The van der Waals surface area contributed by atoms with Gasteiger partial charge in [-0.25, -0.2) is 0 Å². The number of aliphatic carboxylic acids is 1. The topological polar surface area (TPSA) is 72.8 Å². The van der Waals surface area contributed by atoms with Crippen LogP contribution in [0.1, 0.15) is 71.6 Å². The number of carbonyl (C=O) groups is 1. The first-order valence-electron chi connectivity index (χ1n) is 9.15. The molecule has 2 unspecified atom stereocenters. The van der Waals surface area contributed by atoms with Gasteiger partial charge in [-0.15, -0.1) is 0 Å².